The van der Waals surface area contributed by atoms with E-state index >= 15 is 0 Å². The molecule has 0 atom stereocenters. The minimum Gasteiger partial charge on any atom is -0.388 e. The summed E-state index contributed by atoms with van der Waals surface area (Å²) in [7, 11) is 0. The zero-order valence-electron chi connectivity index (χ0n) is 11.1. The first-order valence-corrected chi connectivity index (χ1v) is 6.96. The average molecular weight is 263 g/mol. The minimum absolute atomic E-state index is 0.390. The van der Waals surface area contributed by atoms with E-state index in [9.17, 15) is 0 Å². The second-order valence-corrected chi connectivity index (χ2v) is 5.78. The number of nitrogens with zero attached hydrogens (tertiary/aromatic N) is 2. The highest BCUT2D eigenvalue weighted by Crippen LogP contribution is 2.30. The van der Waals surface area contributed by atoms with Crippen molar-refractivity contribution in [1.29, 1.82) is 0 Å². The zero-order chi connectivity index (χ0) is 13.1. The van der Waals surface area contributed by atoms with Gasteiger partial charge < -0.3 is 5.73 Å². The summed E-state index contributed by atoms with van der Waals surface area (Å²) in [5.74, 6) is 0.886. The molecular formula is C14H21N3S. The normalized spacial score (nSPS) is 15.3. The Labute approximate surface area is 114 Å². The summed E-state index contributed by atoms with van der Waals surface area (Å²) in [5.41, 5.74) is 7.64. The molecule has 0 bridgehead atoms. The first kappa shape index (κ1) is 13.4. The van der Waals surface area contributed by atoms with Crippen LogP contribution >= 0.6 is 12.2 Å². The fourth-order valence-corrected chi connectivity index (χ4v) is 2.28. The molecule has 1 aromatic rings. The quantitative estimate of drug-likeness (QED) is 0.800. The summed E-state index contributed by atoms with van der Waals surface area (Å²) in [6.45, 7) is 6.52. The van der Waals surface area contributed by atoms with Crippen molar-refractivity contribution in [3.8, 4) is 0 Å². The van der Waals surface area contributed by atoms with E-state index in [2.05, 4.69) is 29.8 Å². The molecule has 0 aromatic carbocycles. The topological polar surface area (TPSA) is 42.2 Å². The lowest BCUT2D eigenvalue weighted by molar-refractivity contribution is 0.203. The van der Waals surface area contributed by atoms with Crippen molar-refractivity contribution in [3.05, 3.63) is 29.6 Å². The summed E-state index contributed by atoms with van der Waals surface area (Å²) in [4.78, 5) is 7.16. The highest BCUT2D eigenvalue weighted by molar-refractivity contribution is 7.80. The van der Waals surface area contributed by atoms with Crippen molar-refractivity contribution >= 4 is 17.2 Å². The Bertz CT molecular complexity index is 427. The lowest BCUT2D eigenvalue weighted by Crippen LogP contribution is -2.33. The summed E-state index contributed by atoms with van der Waals surface area (Å²) >= 11 is 5.06. The van der Waals surface area contributed by atoms with Gasteiger partial charge in [-0.15, -0.1) is 0 Å². The highest BCUT2D eigenvalue weighted by atomic mass is 32.1. The standard InChI is InChI=1S/C14H21N3S/c1-10(2)17(8-11-5-6-11)9-12-4-3-7-16-13(12)14(15)18/h3-4,7,10-11H,5-6,8-9H2,1-2H3,(H2,15,18). The predicted molar refractivity (Wildman–Crippen MR) is 78.4 cm³/mol. The lowest BCUT2D eigenvalue weighted by Gasteiger charge is -2.27. The molecule has 0 spiro atoms. The van der Waals surface area contributed by atoms with Gasteiger partial charge >= 0.3 is 0 Å². The number of rotatable bonds is 6. The van der Waals surface area contributed by atoms with Crippen LogP contribution in [0.5, 0.6) is 0 Å². The van der Waals surface area contributed by atoms with Gasteiger partial charge in [-0.25, -0.2) is 0 Å². The Balaban J connectivity index is 2.12. The molecule has 0 unspecified atom stereocenters. The van der Waals surface area contributed by atoms with Crippen LogP contribution < -0.4 is 5.73 Å². The van der Waals surface area contributed by atoms with Gasteiger partial charge in [-0.05, 0) is 44.2 Å². The SMILES string of the molecule is CC(C)N(Cc1cccnc1C(N)=S)CC1CC1. The molecule has 0 radical (unpaired) electrons. The Morgan fingerprint density at radius 3 is 2.83 bits per heavy atom. The average Bonchev–Trinajstić information content (AvgIpc) is 3.12. The molecule has 4 heteroatoms. The van der Waals surface area contributed by atoms with Crippen molar-refractivity contribution in [2.75, 3.05) is 6.54 Å². The Morgan fingerprint density at radius 1 is 1.56 bits per heavy atom. The van der Waals surface area contributed by atoms with Gasteiger partial charge in [-0.3, -0.25) is 9.88 Å². The molecule has 1 saturated carbocycles. The van der Waals surface area contributed by atoms with Crippen LogP contribution in [0.3, 0.4) is 0 Å². The van der Waals surface area contributed by atoms with Crippen LogP contribution in [0.1, 0.15) is 37.9 Å². The largest absolute Gasteiger partial charge is 0.388 e. The molecular weight excluding hydrogens is 242 g/mol. The van der Waals surface area contributed by atoms with Crippen molar-refractivity contribution < 1.29 is 0 Å². The second kappa shape index (κ2) is 5.76. The van der Waals surface area contributed by atoms with Crippen molar-refractivity contribution in [2.24, 2.45) is 11.7 Å². The molecule has 1 fully saturated rings. The van der Waals surface area contributed by atoms with Gasteiger partial charge in [0.2, 0.25) is 0 Å². The van der Waals surface area contributed by atoms with Gasteiger partial charge in [-0.1, -0.05) is 18.3 Å². The molecule has 0 aliphatic heterocycles. The van der Waals surface area contributed by atoms with E-state index in [1.165, 1.54) is 19.4 Å². The maximum atomic E-state index is 5.73. The van der Waals surface area contributed by atoms with Crippen molar-refractivity contribution in [3.63, 3.8) is 0 Å². The molecule has 98 valence electrons. The van der Waals surface area contributed by atoms with E-state index in [1.807, 2.05) is 6.07 Å². The summed E-state index contributed by atoms with van der Waals surface area (Å²) in [6, 6.07) is 4.56. The number of hydrogen-bond acceptors (Lipinski definition) is 3. The molecule has 0 amide bonds. The number of aromatic nitrogens is 1. The summed E-state index contributed by atoms with van der Waals surface area (Å²) in [6.07, 6.45) is 4.50. The summed E-state index contributed by atoms with van der Waals surface area (Å²) in [5, 5.41) is 0. The van der Waals surface area contributed by atoms with Gasteiger partial charge in [0.1, 0.15) is 10.7 Å². The van der Waals surface area contributed by atoms with Gasteiger partial charge in [0.05, 0.1) is 0 Å². The molecule has 2 rings (SSSR count). The number of nitrogens with two attached hydrogens (primary N) is 1. The van der Waals surface area contributed by atoms with Crippen LogP contribution in [0.4, 0.5) is 0 Å². The Kier molecular flexibility index (Phi) is 4.30. The van der Waals surface area contributed by atoms with E-state index in [1.54, 1.807) is 6.20 Å². The molecule has 1 heterocycles. The van der Waals surface area contributed by atoms with E-state index in [0.29, 0.717) is 11.0 Å². The second-order valence-electron chi connectivity index (χ2n) is 5.34. The van der Waals surface area contributed by atoms with Crippen LogP contribution in [0, 0.1) is 5.92 Å². The Morgan fingerprint density at radius 2 is 2.28 bits per heavy atom. The first-order valence-electron chi connectivity index (χ1n) is 6.55. The first-order chi connectivity index (χ1) is 8.58. The summed E-state index contributed by atoms with van der Waals surface area (Å²) < 4.78 is 0. The molecule has 18 heavy (non-hydrogen) atoms. The van der Waals surface area contributed by atoms with Crippen LogP contribution in [-0.4, -0.2) is 27.5 Å². The monoisotopic (exact) mass is 263 g/mol. The molecule has 0 saturated heterocycles. The fraction of sp³-hybridized carbons (Fsp3) is 0.571. The lowest BCUT2D eigenvalue weighted by atomic mass is 10.1. The van der Waals surface area contributed by atoms with E-state index in [-0.39, 0.29) is 0 Å². The Hall–Kier alpha value is -1.00. The van der Waals surface area contributed by atoms with Gasteiger partial charge in [0.25, 0.3) is 0 Å². The van der Waals surface area contributed by atoms with E-state index < -0.39 is 0 Å². The minimum atomic E-state index is 0.390. The predicted octanol–water partition coefficient (Wildman–Crippen LogP) is 2.34. The van der Waals surface area contributed by atoms with Crippen molar-refractivity contribution in [1.82, 2.24) is 9.88 Å². The molecule has 1 aliphatic rings. The zero-order valence-corrected chi connectivity index (χ0v) is 11.9. The number of hydrogen-bond donors (Lipinski definition) is 1. The maximum Gasteiger partial charge on any atom is 0.123 e. The third kappa shape index (κ3) is 3.50. The number of thiocarbonyl (C=S) groups is 1. The maximum absolute atomic E-state index is 5.73. The third-order valence-corrected chi connectivity index (χ3v) is 3.61. The molecule has 3 nitrogen and oxygen atoms in total. The third-order valence-electron chi connectivity index (χ3n) is 3.42. The van der Waals surface area contributed by atoms with Crippen LogP contribution in [0.25, 0.3) is 0 Å². The van der Waals surface area contributed by atoms with Crippen molar-refractivity contribution in [2.45, 2.75) is 39.3 Å². The van der Waals surface area contributed by atoms with E-state index in [4.69, 9.17) is 18.0 Å². The number of pyridine rings is 1. The van der Waals surface area contributed by atoms with E-state index in [0.717, 1.165) is 23.7 Å². The highest BCUT2D eigenvalue weighted by Gasteiger charge is 2.26. The van der Waals surface area contributed by atoms with Gasteiger partial charge in [0, 0.05) is 25.3 Å². The van der Waals surface area contributed by atoms with Crippen LogP contribution in [-0.2, 0) is 6.54 Å². The smallest absolute Gasteiger partial charge is 0.123 e. The molecule has 1 aromatic heterocycles. The van der Waals surface area contributed by atoms with Gasteiger partial charge in [-0.2, -0.15) is 0 Å². The fourth-order valence-electron chi connectivity index (χ4n) is 2.10. The van der Waals surface area contributed by atoms with Gasteiger partial charge in [0.15, 0.2) is 0 Å². The molecule has 2 N–H and O–H groups in total. The van der Waals surface area contributed by atoms with Crippen LogP contribution in [0.15, 0.2) is 18.3 Å². The molecule has 1 aliphatic carbocycles. The van der Waals surface area contributed by atoms with Crippen LogP contribution in [0.2, 0.25) is 0 Å².